The fourth-order valence-electron chi connectivity index (χ4n) is 2.01. The van der Waals surface area contributed by atoms with E-state index in [1.807, 2.05) is 6.08 Å². The summed E-state index contributed by atoms with van der Waals surface area (Å²) in [6.45, 7) is 14.1. The summed E-state index contributed by atoms with van der Waals surface area (Å²) in [4.78, 5) is 0. The summed E-state index contributed by atoms with van der Waals surface area (Å²) < 4.78 is 11.0. The molecular weight excluding hydrogens is 236 g/mol. The minimum Gasteiger partial charge on any atom is -0.352 e. The van der Waals surface area contributed by atoms with Crippen molar-refractivity contribution in [3.05, 3.63) is 37.0 Å². The SMILES string of the molecule is C=CCC(CC(C)CCC=C(C)C)OC(C=C)OC. The highest BCUT2D eigenvalue weighted by Crippen LogP contribution is 2.19. The zero-order valence-corrected chi connectivity index (χ0v) is 13.0. The van der Waals surface area contributed by atoms with Crippen LogP contribution in [0.5, 0.6) is 0 Å². The van der Waals surface area contributed by atoms with Gasteiger partial charge in [-0.1, -0.05) is 31.2 Å². The number of allylic oxidation sites excluding steroid dienone is 2. The van der Waals surface area contributed by atoms with E-state index >= 15 is 0 Å². The van der Waals surface area contributed by atoms with Crippen LogP contribution in [0.3, 0.4) is 0 Å². The van der Waals surface area contributed by atoms with Crippen molar-refractivity contribution in [2.75, 3.05) is 7.11 Å². The quantitative estimate of drug-likeness (QED) is 0.392. The Bertz CT molecular complexity index is 277. The summed E-state index contributed by atoms with van der Waals surface area (Å²) in [5, 5.41) is 0. The molecule has 19 heavy (non-hydrogen) atoms. The molecular formula is C17H30O2. The molecule has 110 valence electrons. The third-order valence-corrected chi connectivity index (χ3v) is 3.06. The molecule has 0 aliphatic carbocycles. The summed E-state index contributed by atoms with van der Waals surface area (Å²) in [5.74, 6) is 0.628. The number of methoxy groups -OCH3 is 1. The fourth-order valence-corrected chi connectivity index (χ4v) is 2.01. The summed E-state index contributed by atoms with van der Waals surface area (Å²) in [6, 6.07) is 0. The van der Waals surface area contributed by atoms with Gasteiger partial charge in [0.1, 0.15) is 0 Å². The van der Waals surface area contributed by atoms with E-state index in [1.165, 1.54) is 12.0 Å². The molecule has 0 saturated heterocycles. The highest BCUT2D eigenvalue weighted by atomic mass is 16.7. The molecule has 0 aromatic heterocycles. The molecule has 3 atom stereocenters. The Balaban J connectivity index is 4.20. The van der Waals surface area contributed by atoms with Crippen LogP contribution in [0.2, 0.25) is 0 Å². The Kier molecular flexibility index (Phi) is 10.5. The van der Waals surface area contributed by atoms with Gasteiger partial charge in [-0.2, -0.15) is 0 Å². The smallest absolute Gasteiger partial charge is 0.176 e. The molecule has 0 aromatic carbocycles. The molecule has 0 N–H and O–H groups in total. The van der Waals surface area contributed by atoms with Gasteiger partial charge in [-0.15, -0.1) is 6.58 Å². The average Bonchev–Trinajstić information content (AvgIpc) is 2.35. The Morgan fingerprint density at radius 2 is 1.95 bits per heavy atom. The largest absolute Gasteiger partial charge is 0.352 e. The molecule has 0 aromatic rings. The van der Waals surface area contributed by atoms with Crippen molar-refractivity contribution >= 4 is 0 Å². The number of ether oxygens (including phenoxy) is 2. The van der Waals surface area contributed by atoms with E-state index in [-0.39, 0.29) is 12.4 Å². The lowest BCUT2D eigenvalue weighted by Crippen LogP contribution is -2.23. The Morgan fingerprint density at radius 3 is 2.42 bits per heavy atom. The first-order valence-corrected chi connectivity index (χ1v) is 7.08. The molecule has 0 rings (SSSR count). The zero-order valence-electron chi connectivity index (χ0n) is 13.0. The molecule has 0 radical (unpaired) electrons. The number of rotatable bonds is 11. The van der Waals surface area contributed by atoms with Crippen LogP contribution in [0.1, 0.15) is 46.5 Å². The van der Waals surface area contributed by atoms with Crippen LogP contribution in [0, 0.1) is 5.92 Å². The van der Waals surface area contributed by atoms with Crippen LogP contribution in [0.25, 0.3) is 0 Å². The second-order valence-corrected chi connectivity index (χ2v) is 5.32. The standard InChI is InChI=1S/C17H30O2/c1-7-10-16(19-17(8-2)18-6)13-15(5)12-9-11-14(3)4/h7-8,11,15-17H,1-2,9-10,12-13H2,3-6H3. The first-order chi connectivity index (χ1) is 9.03. The van der Waals surface area contributed by atoms with Crippen LogP contribution < -0.4 is 0 Å². The van der Waals surface area contributed by atoms with Gasteiger partial charge in [0.15, 0.2) is 6.29 Å². The Morgan fingerprint density at radius 1 is 1.26 bits per heavy atom. The van der Waals surface area contributed by atoms with E-state index in [4.69, 9.17) is 9.47 Å². The molecule has 0 aliphatic rings. The van der Waals surface area contributed by atoms with Crippen LogP contribution in [0.4, 0.5) is 0 Å². The lowest BCUT2D eigenvalue weighted by molar-refractivity contribution is -0.129. The van der Waals surface area contributed by atoms with Crippen molar-refractivity contribution in [3.63, 3.8) is 0 Å². The maximum atomic E-state index is 5.86. The predicted octanol–water partition coefficient (Wildman–Crippen LogP) is 4.88. The van der Waals surface area contributed by atoms with Gasteiger partial charge in [0.05, 0.1) is 6.10 Å². The molecule has 0 fully saturated rings. The number of hydrogen-bond acceptors (Lipinski definition) is 2. The van der Waals surface area contributed by atoms with Crippen LogP contribution in [-0.2, 0) is 9.47 Å². The van der Waals surface area contributed by atoms with Crippen molar-refractivity contribution in [1.82, 2.24) is 0 Å². The summed E-state index contributed by atoms with van der Waals surface area (Å²) >= 11 is 0. The average molecular weight is 266 g/mol. The van der Waals surface area contributed by atoms with E-state index in [9.17, 15) is 0 Å². The molecule has 0 aliphatic heterocycles. The summed E-state index contributed by atoms with van der Waals surface area (Å²) in [7, 11) is 1.63. The molecule has 0 saturated carbocycles. The summed E-state index contributed by atoms with van der Waals surface area (Å²) in [6.07, 6.45) is 9.91. The monoisotopic (exact) mass is 266 g/mol. The van der Waals surface area contributed by atoms with Gasteiger partial charge in [-0.25, -0.2) is 0 Å². The van der Waals surface area contributed by atoms with E-state index in [0.717, 1.165) is 19.3 Å². The Labute approximate surface area is 119 Å². The maximum Gasteiger partial charge on any atom is 0.176 e. The van der Waals surface area contributed by atoms with Gasteiger partial charge in [-0.05, 0) is 51.5 Å². The van der Waals surface area contributed by atoms with Gasteiger partial charge in [0, 0.05) is 7.11 Å². The molecule has 2 nitrogen and oxygen atoms in total. The van der Waals surface area contributed by atoms with Gasteiger partial charge in [0.2, 0.25) is 0 Å². The number of hydrogen-bond donors (Lipinski definition) is 0. The lowest BCUT2D eigenvalue weighted by Gasteiger charge is -2.23. The van der Waals surface area contributed by atoms with E-state index < -0.39 is 0 Å². The first-order valence-electron chi connectivity index (χ1n) is 7.08. The van der Waals surface area contributed by atoms with Crippen molar-refractivity contribution in [3.8, 4) is 0 Å². The normalized spacial score (nSPS) is 15.4. The topological polar surface area (TPSA) is 18.5 Å². The van der Waals surface area contributed by atoms with Gasteiger partial charge in [0.25, 0.3) is 0 Å². The van der Waals surface area contributed by atoms with Gasteiger partial charge < -0.3 is 9.47 Å². The minimum absolute atomic E-state index is 0.155. The first kappa shape index (κ1) is 18.1. The van der Waals surface area contributed by atoms with Crippen LogP contribution in [-0.4, -0.2) is 19.5 Å². The van der Waals surface area contributed by atoms with Crippen molar-refractivity contribution in [1.29, 1.82) is 0 Å². The van der Waals surface area contributed by atoms with Gasteiger partial charge in [-0.3, -0.25) is 0 Å². The molecule has 0 heterocycles. The second-order valence-electron chi connectivity index (χ2n) is 5.32. The van der Waals surface area contributed by atoms with Crippen molar-refractivity contribution in [2.24, 2.45) is 5.92 Å². The zero-order chi connectivity index (χ0) is 14.7. The molecule has 0 spiro atoms. The molecule has 3 unspecified atom stereocenters. The highest BCUT2D eigenvalue weighted by molar-refractivity contribution is 4.93. The van der Waals surface area contributed by atoms with Crippen LogP contribution >= 0.6 is 0 Å². The van der Waals surface area contributed by atoms with Gasteiger partial charge >= 0.3 is 0 Å². The third-order valence-electron chi connectivity index (χ3n) is 3.06. The Hall–Kier alpha value is -0.860. The van der Waals surface area contributed by atoms with Crippen molar-refractivity contribution in [2.45, 2.75) is 58.8 Å². The van der Waals surface area contributed by atoms with Crippen LogP contribution in [0.15, 0.2) is 37.0 Å². The summed E-state index contributed by atoms with van der Waals surface area (Å²) in [5.41, 5.74) is 1.39. The molecule has 2 heteroatoms. The molecule has 0 amide bonds. The lowest BCUT2D eigenvalue weighted by atomic mass is 9.96. The van der Waals surface area contributed by atoms with Crippen molar-refractivity contribution < 1.29 is 9.47 Å². The minimum atomic E-state index is -0.324. The fraction of sp³-hybridized carbons (Fsp3) is 0.647. The van der Waals surface area contributed by atoms with E-state index in [1.54, 1.807) is 13.2 Å². The third kappa shape index (κ3) is 9.69. The highest BCUT2D eigenvalue weighted by Gasteiger charge is 2.16. The maximum absolute atomic E-state index is 5.86. The van der Waals surface area contributed by atoms with E-state index in [2.05, 4.69) is 40.0 Å². The second kappa shape index (κ2) is 11.0. The predicted molar refractivity (Wildman–Crippen MR) is 83.1 cm³/mol. The molecule has 0 bridgehead atoms. The van der Waals surface area contributed by atoms with E-state index in [0.29, 0.717) is 5.92 Å².